The Kier molecular flexibility index (Phi) is 2.61. The standard InChI is InChI=1S/C14H11N5OS/c15-14(20)8-2-3-10-9(5-8)13(17-16-10)7-1-4-11-12(6-7)19-21-18-11/h1-6,9-10,16H,(H2,15,20). The first kappa shape index (κ1) is 12.2. The van der Waals surface area contributed by atoms with E-state index in [2.05, 4.69) is 19.3 Å². The summed E-state index contributed by atoms with van der Waals surface area (Å²) in [5, 5.41) is 4.41. The third-order valence-corrected chi connectivity index (χ3v) is 4.27. The Bertz CT molecular complexity index is 835. The summed E-state index contributed by atoms with van der Waals surface area (Å²) >= 11 is 1.19. The molecule has 104 valence electrons. The maximum Gasteiger partial charge on any atom is 0.248 e. The zero-order valence-electron chi connectivity index (χ0n) is 10.9. The van der Waals surface area contributed by atoms with Crippen molar-refractivity contribution in [2.45, 2.75) is 6.04 Å². The van der Waals surface area contributed by atoms with Crippen LogP contribution in [0.25, 0.3) is 11.0 Å². The number of primary amides is 1. The molecular weight excluding hydrogens is 286 g/mol. The van der Waals surface area contributed by atoms with E-state index in [1.165, 1.54) is 11.7 Å². The Labute approximate surface area is 124 Å². The third-order valence-electron chi connectivity index (χ3n) is 3.71. The molecule has 0 saturated carbocycles. The molecule has 1 aromatic carbocycles. The van der Waals surface area contributed by atoms with E-state index in [0.29, 0.717) is 5.57 Å². The number of amides is 1. The Balaban J connectivity index is 1.75. The SMILES string of the molecule is NC(=O)C1=CC2C(c3ccc4nsnc4c3)=NNC2C=C1. The fraction of sp³-hybridized carbons (Fsp3) is 0.143. The van der Waals surface area contributed by atoms with Gasteiger partial charge in [-0.15, -0.1) is 0 Å². The average Bonchev–Trinajstić information content (AvgIpc) is 3.12. The van der Waals surface area contributed by atoms with Crippen LogP contribution in [0.2, 0.25) is 0 Å². The number of fused-ring (bicyclic) bond motifs is 2. The second-order valence-corrected chi connectivity index (χ2v) is 5.52. The molecule has 21 heavy (non-hydrogen) atoms. The molecule has 2 atom stereocenters. The first-order valence-corrected chi connectivity index (χ1v) is 7.21. The topological polar surface area (TPSA) is 93.3 Å². The van der Waals surface area contributed by atoms with Crippen molar-refractivity contribution in [1.29, 1.82) is 0 Å². The maximum atomic E-state index is 11.4. The minimum absolute atomic E-state index is 0.00143. The molecular formula is C14H11N5OS. The minimum atomic E-state index is -0.421. The van der Waals surface area contributed by atoms with Crippen LogP contribution in [0.5, 0.6) is 0 Å². The number of benzene rings is 1. The molecule has 2 unspecified atom stereocenters. The molecule has 0 spiro atoms. The molecule has 0 bridgehead atoms. The predicted molar refractivity (Wildman–Crippen MR) is 80.8 cm³/mol. The van der Waals surface area contributed by atoms with Crippen LogP contribution in [0.3, 0.4) is 0 Å². The number of nitrogens with zero attached hydrogens (tertiary/aromatic N) is 3. The number of rotatable bonds is 2. The lowest BCUT2D eigenvalue weighted by Crippen LogP contribution is -2.30. The smallest absolute Gasteiger partial charge is 0.248 e. The molecule has 3 N–H and O–H groups in total. The summed E-state index contributed by atoms with van der Waals surface area (Å²) in [7, 11) is 0. The van der Waals surface area contributed by atoms with Crippen molar-refractivity contribution in [3.8, 4) is 0 Å². The minimum Gasteiger partial charge on any atom is -0.366 e. The van der Waals surface area contributed by atoms with E-state index < -0.39 is 5.91 Å². The molecule has 1 aromatic heterocycles. The number of nitrogens with two attached hydrogens (primary N) is 1. The lowest BCUT2D eigenvalue weighted by Gasteiger charge is -2.18. The number of hydrogen-bond acceptors (Lipinski definition) is 6. The Morgan fingerprint density at radius 3 is 3.00 bits per heavy atom. The van der Waals surface area contributed by atoms with E-state index in [1.807, 2.05) is 30.4 Å². The summed E-state index contributed by atoms with van der Waals surface area (Å²) in [4.78, 5) is 11.4. The van der Waals surface area contributed by atoms with Crippen molar-refractivity contribution >= 4 is 34.4 Å². The van der Waals surface area contributed by atoms with Gasteiger partial charge in [0.25, 0.3) is 0 Å². The van der Waals surface area contributed by atoms with Crippen molar-refractivity contribution in [2.75, 3.05) is 0 Å². The van der Waals surface area contributed by atoms with E-state index in [1.54, 1.807) is 6.08 Å². The zero-order valence-corrected chi connectivity index (χ0v) is 11.7. The summed E-state index contributed by atoms with van der Waals surface area (Å²) in [5.74, 6) is -0.420. The highest BCUT2D eigenvalue weighted by molar-refractivity contribution is 7.00. The number of carbonyl (C=O) groups is 1. The van der Waals surface area contributed by atoms with Gasteiger partial charge in [0.1, 0.15) is 11.0 Å². The van der Waals surface area contributed by atoms with Crippen LogP contribution in [-0.4, -0.2) is 26.4 Å². The van der Waals surface area contributed by atoms with Gasteiger partial charge in [0.2, 0.25) is 5.91 Å². The van der Waals surface area contributed by atoms with Crippen molar-refractivity contribution in [2.24, 2.45) is 16.8 Å². The fourth-order valence-corrected chi connectivity index (χ4v) is 3.15. The molecule has 2 aliphatic rings. The molecule has 7 heteroatoms. The van der Waals surface area contributed by atoms with Crippen LogP contribution in [0.1, 0.15) is 5.56 Å². The zero-order chi connectivity index (χ0) is 14.4. The lowest BCUT2D eigenvalue weighted by atomic mass is 9.86. The highest BCUT2D eigenvalue weighted by Gasteiger charge is 2.32. The van der Waals surface area contributed by atoms with E-state index >= 15 is 0 Å². The molecule has 4 rings (SSSR count). The van der Waals surface area contributed by atoms with Gasteiger partial charge < -0.3 is 11.2 Å². The summed E-state index contributed by atoms with van der Waals surface area (Å²) < 4.78 is 8.44. The number of hydrogen-bond donors (Lipinski definition) is 2. The third kappa shape index (κ3) is 1.93. The Morgan fingerprint density at radius 1 is 1.29 bits per heavy atom. The highest BCUT2D eigenvalue weighted by Crippen LogP contribution is 2.27. The lowest BCUT2D eigenvalue weighted by molar-refractivity contribution is -0.114. The summed E-state index contributed by atoms with van der Waals surface area (Å²) in [6.45, 7) is 0. The summed E-state index contributed by atoms with van der Waals surface area (Å²) in [6, 6.07) is 5.94. The number of aromatic nitrogens is 2. The van der Waals surface area contributed by atoms with E-state index in [9.17, 15) is 4.79 Å². The van der Waals surface area contributed by atoms with Gasteiger partial charge in [-0.3, -0.25) is 4.79 Å². The second-order valence-electron chi connectivity index (χ2n) is 4.99. The van der Waals surface area contributed by atoms with Gasteiger partial charge in [0, 0.05) is 17.1 Å². The van der Waals surface area contributed by atoms with Gasteiger partial charge in [0.15, 0.2) is 0 Å². The average molecular weight is 297 g/mol. The maximum absolute atomic E-state index is 11.4. The predicted octanol–water partition coefficient (Wildman–Crippen LogP) is 0.965. The molecule has 2 heterocycles. The Morgan fingerprint density at radius 2 is 2.14 bits per heavy atom. The van der Waals surface area contributed by atoms with Crippen LogP contribution in [0.4, 0.5) is 0 Å². The number of carbonyl (C=O) groups excluding carboxylic acids is 1. The van der Waals surface area contributed by atoms with Crippen molar-refractivity contribution in [3.05, 3.63) is 47.6 Å². The van der Waals surface area contributed by atoms with E-state index in [-0.39, 0.29) is 12.0 Å². The quantitative estimate of drug-likeness (QED) is 0.863. The molecule has 2 aromatic rings. The molecule has 1 amide bonds. The normalized spacial score (nSPS) is 23.4. The van der Waals surface area contributed by atoms with Gasteiger partial charge in [0.05, 0.1) is 23.5 Å². The van der Waals surface area contributed by atoms with Crippen molar-refractivity contribution < 1.29 is 4.79 Å². The van der Waals surface area contributed by atoms with Crippen LogP contribution >= 0.6 is 11.7 Å². The van der Waals surface area contributed by atoms with Crippen molar-refractivity contribution in [3.63, 3.8) is 0 Å². The monoisotopic (exact) mass is 297 g/mol. The van der Waals surface area contributed by atoms with Gasteiger partial charge in [-0.1, -0.05) is 24.3 Å². The number of hydrazone groups is 1. The van der Waals surface area contributed by atoms with Gasteiger partial charge in [-0.25, -0.2) is 0 Å². The molecule has 6 nitrogen and oxygen atoms in total. The second kappa shape index (κ2) is 4.49. The fourth-order valence-electron chi connectivity index (χ4n) is 2.63. The summed E-state index contributed by atoms with van der Waals surface area (Å²) in [5.41, 5.74) is 12.6. The highest BCUT2D eigenvalue weighted by atomic mass is 32.1. The van der Waals surface area contributed by atoms with Crippen LogP contribution in [0.15, 0.2) is 47.1 Å². The molecule has 0 radical (unpaired) electrons. The Hall–Kier alpha value is -2.54. The van der Waals surface area contributed by atoms with Crippen LogP contribution in [-0.2, 0) is 4.79 Å². The number of nitrogens with one attached hydrogen (secondary N) is 1. The summed E-state index contributed by atoms with van der Waals surface area (Å²) in [6.07, 6.45) is 5.53. The van der Waals surface area contributed by atoms with Crippen molar-refractivity contribution in [1.82, 2.24) is 14.2 Å². The largest absolute Gasteiger partial charge is 0.366 e. The van der Waals surface area contributed by atoms with Crippen LogP contribution in [0, 0.1) is 5.92 Å². The van der Waals surface area contributed by atoms with Gasteiger partial charge in [-0.05, 0) is 12.1 Å². The van der Waals surface area contributed by atoms with E-state index in [4.69, 9.17) is 5.73 Å². The molecule has 0 saturated heterocycles. The molecule has 1 aliphatic heterocycles. The molecule has 0 fully saturated rings. The first-order chi connectivity index (χ1) is 10.2. The first-order valence-electron chi connectivity index (χ1n) is 6.48. The van der Waals surface area contributed by atoms with Crippen LogP contribution < -0.4 is 11.2 Å². The molecule has 1 aliphatic carbocycles. The van der Waals surface area contributed by atoms with Gasteiger partial charge >= 0.3 is 0 Å². The van der Waals surface area contributed by atoms with Gasteiger partial charge in [-0.2, -0.15) is 13.8 Å². The van der Waals surface area contributed by atoms with E-state index in [0.717, 1.165) is 22.3 Å².